The number of phenols is 4. The highest BCUT2D eigenvalue weighted by molar-refractivity contribution is 5.99. The summed E-state index contributed by atoms with van der Waals surface area (Å²) < 4.78 is 5.29. The lowest BCUT2D eigenvalue weighted by Gasteiger charge is -2.16. The first-order chi connectivity index (χ1) is 20.4. The maximum Gasteiger partial charge on any atom is 0.163 e. The Morgan fingerprint density at radius 1 is 0.674 bits per heavy atom. The second kappa shape index (κ2) is 11.2. The summed E-state index contributed by atoms with van der Waals surface area (Å²) in [6.45, 7) is 6.02. The van der Waals surface area contributed by atoms with Crippen LogP contribution < -0.4 is 4.74 Å². The molecule has 0 radical (unpaired) electrons. The molecule has 8 heteroatoms. The van der Waals surface area contributed by atoms with E-state index in [1.165, 1.54) is 26.0 Å². The molecular weight excluding hydrogens is 546 g/mol. The highest BCUT2D eigenvalue weighted by Gasteiger charge is 2.24. The van der Waals surface area contributed by atoms with E-state index in [1.807, 2.05) is 42.5 Å². The Balaban J connectivity index is 1.74. The summed E-state index contributed by atoms with van der Waals surface area (Å²) in [5, 5.41) is 44.9. The van der Waals surface area contributed by atoms with Crippen molar-refractivity contribution in [2.24, 2.45) is 0 Å². The Morgan fingerprint density at radius 3 is 1.70 bits per heavy atom. The van der Waals surface area contributed by atoms with Crippen molar-refractivity contribution >= 4 is 22.5 Å². The number of ketones is 2. The molecule has 5 N–H and O–H groups in total. The standard InChI is InChI=1S/C35H33NO7/c1-17-12-24(19(3)37)34(41)28(32(17)39)15-27-26-14-22(21-6-9-23(43-5)10-7-21)8-11-30(26)36-31(27)16-29-33(40)18(2)13-25(20(4)38)35(29)42/h6-14,36,39-42H,15-16H2,1-5H3. The van der Waals surface area contributed by atoms with Crippen molar-refractivity contribution in [3.63, 3.8) is 0 Å². The molecule has 0 aliphatic carbocycles. The smallest absolute Gasteiger partial charge is 0.163 e. The van der Waals surface area contributed by atoms with Gasteiger partial charge in [0.1, 0.15) is 28.7 Å². The Bertz CT molecular complexity index is 1920. The molecule has 0 unspecified atom stereocenters. The predicted molar refractivity (Wildman–Crippen MR) is 165 cm³/mol. The van der Waals surface area contributed by atoms with Crippen molar-refractivity contribution in [1.29, 1.82) is 0 Å². The van der Waals surface area contributed by atoms with E-state index in [0.717, 1.165) is 27.8 Å². The van der Waals surface area contributed by atoms with Gasteiger partial charge < -0.3 is 30.1 Å². The zero-order valence-electron chi connectivity index (χ0n) is 24.6. The van der Waals surface area contributed by atoms with Crippen LogP contribution >= 0.6 is 0 Å². The highest BCUT2D eigenvalue weighted by atomic mass is 16.5. The normalized spacial score (nSPS) is 11.2. The van der Waals surface area contributed by atoms with Gasteiger partial charge in [0.15, 0.2) is 11.6 Å². The number of aromatic amines is 1. The summed E-state index contributed by atoms with van der Waals surface area (Å²) in [4.78, 5) is 27.9. The minimum atomic E-state index is -0.339. The molecule has 4 aromatic carbocycles. The minimum absolute atomic E-state index is 0.0222. The van der Waals surface area contributed by atoms with Crippen molar-refractivity contribution < 1.29 is 34.8 Å². The molecule has 0 fully saturated rings. The number of carbonyl (C=O) groups is 2. The van der Waals surface area contributed by atoms with Crippen LogP contribution in [0.1, 0.15) is 68.1 Å². The van der Waals surface area contributed by atoms with Gasteiger partial charge >= 0.3 is 0 Å². The van der Waals surface area contributed by atoms with Crippen LogP contribution in [0.2, 0.25) is 0 Å². The number of hydrogen-bond acceptors (Lipinski definition) is 7. The number of benzene rings is 4. The van der Waals surface area contributed by atoms with Gasteiger partial charge in [-0.3, -0.25) is 9.59 Å². The number of aromatic hydroxyl groups is 4. The third kappa shape index (κ3) is 5.28. The Hall–Kier alpha value is -5.24. The van der Waals surface area contributed by atoms with E-state index in [4.69, 9.17) is 4.74 Å². The molecule has 43 heavy (non-hydrogen) atoms. The number of Topliss-reactive ketones (excluding diaryl/α,β-unsaturated/α-hetero) is 2. The van der Waals surface area contributed by atoms with Gasteiger partial charge in [-0.1, -0.05) is 18.2 Å². The number of nitrogens with one attached hydrogen (secondary N) is 1. The number of H-pyrrole nitrogens is 1. The van der Waals surface area contributed by atoms with Crippen molar-refractivity contribution in [2.45, 2.75) is 40.5 Å². The molecule has 8 nitrogen and oxygen atoms in total. The molecule has 5 aromatic rings. The van der Waals surface area contributed by atoms with Gasteiger partial charge in [-0.2, -0.15) is 0 Å². The van der Waals surface area contributed by atoms with Crippen LogP contribution in [0.3, 0.4) is 0 Å². The second-order valence-corrected chi connectivity index (χ2v) is 10.9. The first kappa shape index (κ1) is 29.3. The van der Waals surface area contributed by atoms with Crippen LogP contribution in [0.25, 0.3) is 22.0 Å². The maximum atomic E-state index is 12.3. The number of ether oxygens (including phenoxy) is 1. The van der Waals surface area contributed by atoms with Gasteiger partial charge in [0.25, 0.3) is 0 Å². The van der Waals surface area contributed by atoms with Gasteiger partial charge in [0, 0.05) is 40.6 Å². The predicted octanol–water partition coefficient (Wildman–Crippen LogP) is 6.87. The molecule has 0 bridgehead atoms. The van der Waals surface area contributed by atoms with E-state index >= 15 is 0 Å². The lowest BCUT2D eigenvalue weighted by molar-refractivity contribution is 0.100. The van der Waals surface area contributed by atoms with E-state index < -0.39 is 0 Å². The summed E-state index contributed by atoms with van der Waals surface area (Å²) in [5.74, 6) is -0.825. The zero-order chi connectivity index (χ0) is 31.2. The van der Waals surface area contributed by atoms with Crippen LogP contribution in [0.4, 0.5) is 0 Å². The third-order valence-corrected chi connectivity index (χ3v) is 8.01. The van der Waals surface area contributed by atoms with Crippen LogP contribution in [0, 0.1) is 13.8 Å². The fourth-order valence-corrected chi connectivity index (χ4v) is 5.58. The molecule has 220 valence electrons. The monoisotopic (exact) mass is 579 g/mol. The summed E-state index contributed by atoms with van der Waals surface area (Å²) in [6.07, 6.45) is 0.0579. The molecule has 0 saturated heterocycles. The van der Waals surface area contributed by atoms with E-state index in [0.29, 0.717) is 22.4 Å². The number of fused-ring (bicyclic) bond motifs is 1. The first-order valence-corrected chi connectivity index (χ1v) is 13.8. The second-order valence-electron chi connectivity index (χ2n) is 10.9. The number of aryl methyl sites for hydroxylation is 2. The van der Waals surface area contributed by atoms with E-state index in [-0.39, 0.29) is 69.7 Å². The number of rotatable bonds is 8. The fraction of sp³-hybridized carbons (Fsp3) is 0.200. The van der Waals surface area contributed by atoms with Crippen LogP contribution in [-0.2, 0) is 12.8 Å². The van der Waals surface area contributed by atoms with Crippen molar-refractivity contribution in [1.82, 2.24) is 4.98 Å². The largest absolute Gasteiger partial charge is 0.507 e. The van der Waals surface area contributed by atoms with Crippen LogP contribution in [-0.4, -0.2) is 44.1 Å². The topological polar surface area (TPSA) is 140 Å². The Labute approximate surface area is 248 Å². The Morgan fingerprint density at radius 2 is 1.19 bits per heavy atom. The molecule has 5 rings (SSSR count). The lowest BCUT2D eigenvalue weighted by Crippen LogP contribution is -2.03. The van der Waals surface area contributed by atoms with Gasteiger partial charge in [0.05, 0.1) is 18.2 Å². The summed E-state index contributed by atoms with van der Waals surface area (Å²) in [6, 6.07) is 16.4. The summed E-state index contributed by atoms with van der Waals surface area (Å²) in [5.41, 5.74) is 5.32. The number of methoxy groups -OCH3 is 1. The van der Waals surface area contributed by atoms with Crippen molar-refractivity contribution in [2.75, 3.05) is 7.11 Å². The molecule has 0 aliphatic heterocycles. The number of aromatic nitrogens is 1. The zero-order valence-corrected chi connectivity index (χ0v) is 24.6. The van der Waals surface area contributed by atoms with E-state index in [1.54, 1.807) is 21.0 Å². The molecule has 0 spiro atoms. The molecule has 0 aliphatic rings. The number of hydrogen-bond donors (Lipinski definition) is 5. The minimum Gasteiger partial charge on any atom is -0.507 e. The van der Waals surface area contributed by atoms with Crippen LogP contribution in [0.5, 0.6) is 28.7 Å². The maximum absolute atomic E-state index is 12.3. The third-order valence-electron chi connectivity index (χ3n) is 8.01. The van der Waals surface area contributed by atoms with Crippen LogP contribution in [0.15, 0.2) is 54.6 Å². The Kier molecular flexibility index (Phi) is 7.63. The molecule has 0 atom stereocenters. The van der Waals surface area contributed by atoms with Gasteiger partial charge in [-0.15, -0.1) is 0 Å². The first-order valence-electron chi connectivity index (χ1n) is 13.8. The fourth-order valence-electron chi connectivity index (χ4n) is 5.58. The van der Waals surface area contributed by atoms with E-state index in [9.17, 15) is 30.0 Å². The number of carbonyl (C=O) groups excluding carboxylic acids is 2. The highest BCUT2D eigenvalue weighted by Crippen LogP contribution is 2.41. The molecular formula is C35H33NO7. The molecule has 1 aromatic heterocycles. The summed E-state index contributed by atoms with van der Waals surface area (Å²) in [7, 11) is 1.60. The average Bonchev–Trinajstić information content (AvgIpc) is 3.32. The molecule has 0 saturated carbocycles. The average molecular weight is 580 g/mol. The van der Waals surface area contributed by atoms with Gasteiger partial charge in [-0.25, -0.2) is 0 Å². The lowest BCUT2D eigenvalue weighted by atomic mass is 9.91. The van der Waals surface area contributed by atoms with E-state index in [2.05, 4.69) is 4.98 Å². The SMILES string of the molecule is COc1ccc(-c2ccc3[nH]c(Cc4c(O)c(C)cc(C(C)=O)c4O)c(Cc4c(O)c(C)cc(C(C)=O)c4O)c3c2)cc1. The number of phenolic OH excluding ortho intramolecular Hbond substituents is 4. The quantitative estimate of drug-likeness (QED) is 0.126. The molecule has 1 heterocycles. The van der Waals surface area contributed by atoms with Crippen molar-refractivity contribution in [3.05, 3.63) is 99.2 Å². The summed E-state index contributed by atoms with van der Waals surface area (Å²) >= 11 is 0. The van der Waals surface area contributed by atoms with Crippen molar-refractivity contribution in [3.8, 4) is 39.9 Å². The van der Waals surface area contributed by atoms with Gasteiger partial charge in [0.2, 0.25) is 0 Å². The molecule has 0 amide bonds. The van der Waals surface area contributed by atoms with Gasteiger partial charge in [-0.05, 0) is 91.9 Å².